The summed E-state index contributed by atoms with van der Waals surface area (Å²) in [5.74, 6) is -0.963. The van der Waals surface area contributed by atoms with Crippen LogP contribution < -0.4 is 5.32 Å². The van der Waals surface area contributed by atoms with Crippen molar-refractivity contribution >= 4 is 23.3 Å². The Balaban J connectivity index is 2.40. The molecule has 0 atom stereocenters. The Bertz CT molecular complexity index is 609. The quantitative estimate of drug-likeness (QED) is 0.810. The zero-order valence-corrected chi connectivity index (χ0v) is 11.7. The molecular formula is C16H14NO4. The molecule has 0 aliphatic heterocycles. The van der Waals surface area contributed by atoms with Crippen molar-refractivity contribution in [3.63, 3.8) is 0 Å². The van der Waals surface area contributed by atoms with E-state index in [1.165, 1.54) is 14.2 Å². The van der Waals surface area contributed by atoms with Crippen molar-refractivity contribution in [2.75, 3.05) is 14.2 Å². The van der Waals surface area contributed by atoms with Crippen molar-refractivity contribution in [1.82, 2.24) is 5.32 Å². The number of esters is 2. The fourth-order valence-corrected chi connectivity index (χ4v) is 1.84. The third-order valence-electron chi connectivity index (χ3n) is 2.86. The van der Waals surface area contributed by atoms with E-state index in [0.29, 0.717) is 22.5 Å². The normalized spacial score (nSPS) is 9.81. The van der Waals surface area contributed by atoms with Crippen molar-refractivity contribution in [2.45, 2.75) is 0 Å². The number of rotatable bonds is 4. The maximum absolute atomic E-state index is 11.7. The molecule has 2 aromatic carbocycles. The molecule has 2 rings (SSSR count). The number of carbonyl (C=O) groups is 2. The number of ether oxygens (including phenoxy) is 2. The van der Waals surface area contributed by atoms with Crippen LogP contribution in [0, 0.1) is 0 Å². The standard InChI is InChI=1S/C16H14NO4/c1-20-15(18)11-7-3-5-9-13(11)17-14-10-6-4-8-12(14)16(19)21-2/h3-10H,1-2H3. The summed E-state index contributed by atoms with van der Waals surface area (Å²) < 4.78 is 9.45. The van der Waals surface area contributed by atoms with Gasteiger partial charge in [0.25, 0.3) is 0 Å². The molecule has 2 aromatic rings. The van der Waals surface area contributed by atoms with E-state index in [9.17, 15) is 9.59 Å². The van der Waals surface area contributed by atoms with Gasteiger partial charge in [0.15, 0.2) is 0 Å². The first-order valence-electron chi connectivity index (χ1n) is 6.23. The monoisotopic (exact) mass is 284 g/mol. The van der Waals surface area contributed by atoms with Gasteiger partial charge in [-0.3, -0.25) is 0 Å². The predicted molar refractivity (Wildman–Crippen MR) is 77.0 cm³/mol. The molecule has 0 unspecified atom stereocenters. The molecule has 0 spiro atoms. The summed E-state index contributed by atoms with van der Waals surface area (Å²) in [6.45, 7) is 0. The van der Waals surface area contributed by atoms with Crippen LogP contribution in [0.2, 0.25) is 0 Å². The SMILES string of the molecule is COC(=O)c1ccccc1[N]c1ccccc1C(=O)OC. The zero-order chi connectivity index (χ0) is 15.2. The number of benzene rings is 2. The number of para-hydroxylation sites is 2. The molecule has 107 valence electrons. The van der Waals surface area contributed by atoms with Gasteiger partial charge in [0.2, 0.25) is 0 Å². The van der Waals surface area contributed by atoms with E-state index >= 15 is 0 Å². The first kappa shape index (κ1) is 14.6. The lowest BCUT2D eigenvalue weighted by Crippen LogP contribution is -2.08. The van der Waals surface area contributed by atoms with E-state index in [-0.39, 0.29) is 0 Å². The maximum Gasteiger partial charge on any atom is 0.340 e. The van der Waals surface area contributed by atoms with Crippen LogP contribution >= 0.6 is 0 Å². The van der Waals surface area contributed by atoms with E-state index in [1.807, 2.05) is 0 Å². The number of hydrogen-bond donors (Lipinski definition) is 0. The van der Waals surface area contributed by atoms with Gasteiger partial charge < -0.3 is 9.47 Å². The molecule has 21 heavy (non-hydrogen) atoms. The number of methoxy groups -OCH3 is 2. The summed E-state index contributed by atoms with van der Waals surface area (Å²) in [7, 11) is 2.61. The highest BCUT2D eigenvalue weighted by Crippen LogP contribution is 2.25. The van der Waals surface area contributed by atoms with Gasteiger partial charge in [0.05, 0.1) is 36.7 Å². The summed E-state index contributed by atoms with van der Waals surface area (Å²) >= 11 is 0. The Labute approximate surface area is 122 Å². The van der Waals surface area contributed by atoms with Crippen LogP contribution in [0.5, 0.6) is 0 Å². The molecule has 0 bridgehead atoms. The summed E-state index contributed by atoms with van der Waals surface area (Å²) in [6.07, 6.45) is 0. The molecule has 0 aliphatic rings. The van der Waals surface area contributed by atoms with Crippen LogP contribution in [0.1, 0.15) is 20.7 Å². The Kier molecular flexibility index (Phi) is 4.56. The van der Waals surface area contributed by atoms with E-state index in [0.717, 1.165) is 0 Å². The molecule has 0 aliphatic carbocycles. The second-order valence-corrected chi connectivity index (χ2v) is 4.13. The van der Waals surface area contributed by atoms with Gasteiger partial charge in [-0.2, -0.15) is 0 Å². The summed E-state index contributed by atoms with van der Waals surface area (Å²) in [5.41, 5.74) is 1.53. The van der Waals surface area contributed by atoms with Gasteiger partial charge in [-0.15, -0.1) is 0 Å². The molecule has 5 heteroatoms. The Morgan fingerprint density at radius 1 is 0.762 bits per heavy atom. The van der Waals surface area contributed by atoms with E-state index in [1.54, 1.807) is 48.5 Å². The minimum atomic E-state index is -0.482. The third-order valence-corrected chi connectivity index (χ3v) is 2.86. The third kappa shape index (κ3) is 3.20. The van der Waals surface area contributed by atoms with Gasteiger partial charge in [0, 0.05) is 0 Å². The van der Waals surface area contributed by atoms with Crippen molar-refractivity contribution in [3.05, 3.63) is 59.7 Å². The van der Waals surface area contributed by atoms with Crippen LogP contribution in [-0.4, -0.2) is 26.2 Å². The minimum absolute atomic E-state index is 0.333. The second kappa shape index (κ2) is 6.56. The first-order valence-corrected chi connectivity index (χ1v) is 6.23. The summed E-state index contributed by atoms with van der Waals surface area (Å²) in [6, 6.07) is 13.5. The van der Waals surface area contributed by atoms with Gasteiger partial charge in [-0.05, 0) is 24.3 Å². The Morgan fingerprint density at radius 3 is 1.52 bits per heavy atom. The zero-order valence-electron chi connectivity index (χ0n) is 11.7. The predicted octanol–water partition coefficient (Wildman–Crippen LogP) is 2.83. The van der Waals surface area contributed by atoms with E-state index in [4.69, 9.17) is 9.47 Å². The Morgan fingerprint density at radius 2 is 1.14 bits per heavy atom. The van der Waals surface area contributed by atoms with Crippen molar-refractivity contribution in [3.8, 4) is 0 Å². The van der Waals surface area contributed by atoms with Crippen molar-refractivity contribution in [1.29, 1.82) is 0 Å². The van der Waals surface area contributed by atoms with Crippen LogP contribution in [0.25, 0.3) is 0 Å². The average molecular weight is 284 g/mol. The fourth-order valence-electron chi connectivity index (χ4n) is 1.84. The van der Waals surface area contributed by atoms with Gasteiger partial charge in [-0.25, -0.2) is 14.9 Å². The van der Waals surface area contributed by atoms with E-state index in [2.05, 4.69) is 5.32 Å². The highest BCUT2D eigenvalue weighted by molar-refractivity contribution is 5.97. The van der Waals surface area contributed by atoms with Gasteiger partial charge >= 0.3 is 11.9 Å². The molecule has 0 N–H and O–H groups in total. The molecular weight excluding hydrogens is 270 g/mol. The second-order valence-electron chi connectivity index (χ2n) is 4.13. The molecule has 0 amide bonds. The molecule has 0 aromatic heterocycles. The van der Waals surface area contributed by atoms with E-state index < -0.39 is 11.9 Å². The molecule has 0 saturated carbocycles. The van der Waals surface area contributed by atoms with Crippen molar-refractivity contribution < 1.29 is 19.1 Å². The highest BCUT2D eigenvalue weighted by Gasteiger charge is 2.16. The molecule has 0 heterocycles. The maximum atomic E-state index is 11.7. The van der Waals surface area contributed by atoms with Crippen LogP contribution in [0.15, 0.2) is 48.5 Å². The highest BCUT2D eigenvalue weighted by atomic mass is 16.5. The van der Waals surface area contributed by atoms with Crippen LogP contribution in [0.4, 0.5) is 11.4 Å². The lowest BCUT2D eigenvalue weighted by Gasteiger charge is -2.10. The molecule has 1 radical (unpaired) electrons. The van der Waals surface area contributed by atoms with Crippen molar-refractivity contribution in [2.24, 2.45) is 0 Å². The molecule has 5 nitrogen and oxygen atoms in total. The van der Waals surface area contributed by atoms with Crippen LogP contribution in [-0.2, 0) is 9.47 Å². The largest absolute Gasteiger partial charge is 0.465 e. The molecule has 0 fully saturated rings. The number of hydrogen-bond acceptors (Lipinski definition) is 4. The summed E-state index contributed by atoms with van der Waals surface area (Å²) in [4.78, 5) is 23.5. The minimum Gasteiger partial charge on any atom is -0.465 e. The number of nitrogens with zero attached hydrogens (tertiary/aromatic N) is 1. The first-order chi connectivity index (χ1) is 10.2. The lowest BCUT2D eigenvalue weighted by molar-refractivity contribution is 0.0594. The lowest BCUT2D eigenvalue weighted by atomic mass is 10.1. The number of carbonyl (C=O) groups excluding carboxylic acids is 2. The topological polar surface area (TPSA) is 66.7 Å². The van der Waals surface area contributed by atoms with Gasteiger partial charge in [-0.1, -0.05) is 24.3 Å². The fraction of sp³-hybridized carbons (Fsp3) is 0.125. The van der Waals surface area contributed by atoms with Gasteiger partial charge in [0.1, 0.15) is 0 Å². The summed E-state index contributed by atoms with van der Waals surface area (Å²) in [5, 5.41) is 4.38. The Hall–Kier alpha value is -2.82. The molecule has 0 saturated heterocycles. The van der Waals surface area contributed by atoms with Crippen LogP contribution in [0.3, 0.4) is 0 Å². The smallest absolute Gasteiger partial charge is 0.340 e. The average Bonchev–Trinajstić information content (AvgIpc) is 2.54.